The fourth-order valence-electron chi connectivity index (χ4n) is 6.51. The normalized spacial score (nSPS) is 14.0. The first-order chi connectivity index (χ1) is 23.6. The molecule has 0 aliphatic heterocycles. The summed E-state index contributed by atoms with van der Waals surface area (Å²) in [4.78, 5) is 0. The average Bonchev–Trinajstić information content (AvgIpc) is 3.14. The molecule has 0 saturated heterocycles. The summed E-state index contributed by atoms with van der Waals surface area (Å²) in [5.41, 5.74) is 14.1. The van der Waals surface area contributed by atoms with Crippen molar-refractivity contribution in [1.82, 2.24) is 0 Å². The first kappa shape index (κ1) is 34.0. The monoisotopic (exact) mass is 622 g/mol. The van der Waals surface area contributed by atoms with Crippen LogP contribution in [-0.2, 0) is 0 Å². The van der Waals surface area contributed by atoms with Gasteiger partial charge in [0.05, 0.1) is 0 Å². The molecule has 4 aromatic rings. The molecule has 0 radical (unpaired) electrons. The Labute approximate surface area is 288 Å². The second kappa shape index (κ2) is 16.4. The van der Waals surface area contributed by atoms with Crippen molar-refractivity contribution in [3.05, 3.63) is 160 Å². The van der Waals surface area contributed by atoms with E-state index in [1.165, 1.54) is 60.5 Å². The Morgan fingerprint density at radius 1 is 0.708 bits per heavy atom. The molecule has 0 aromatic heterocycles. The van der Waals surface area contributed by atoms with Gasteiger partial charge in [0.2, 0.25) is 0 Å². The fraction of sp³-hybridized carbons (Fsp3) is 0.167. The average molecular weight is 623 g/mol. The summed E-state index contributed by atoms with van der Waals surface area (Å²) in [6, 6.07) is 26.6. The Balaban J connectivity index is 1.62. The number of rotatable bonds is 8. The van der Waals surface area contributed by atoms with E-state index in [0.29, 0.717) is 0 Å². The molecule has 0 N–H and O–H groups in total. The number of allylic oxidation sites excluding steroid dienone is 9. The summed E-state index contributed by atoms with van der Waals surface area (Å²) in [6.45, 7) is 14.9. The predicted octanol–water partition coefficient (Wildman–Crippen LogP) is 12.0. The van der Waals surface area contributed by atoms with Gasteiger partial charge >= 0.3 is 0 Å². The van der Waals surface area contributed by atoms with Crippen LogP contribution in [0.5, 0.6) is 0 Å². The summed E-state index contributed by atoms with van der Waals surface area (Å²) in [5, 5.41) is 2.49. The molecule has 0 bridgehead atoms. The topological polar surface area (TPSA) is 0 Å². The maximum absolute atomic E-state index is 4.34. The molecule has 1 aliphatic rings. The van der Waals surface area contributed by atoms with E-state index in [1.807, 2.05) is 6.08 Å². The van der Waals surface area contributed by atoms with Gasteiger partial charge in [0.25, 0.3) is 0 Å². The number of hydrogen-bond acceptors (Lipinski definition) is 0. The lowest BCUT2D eigenvalue weighted by molar-refractivity contribution is 1.03. The van der Waals surface area contributed by atoms with Crippen molar-refractivity contribution in [2.45, 2.75) is 53.9 Å². The lowest BCUT2D eigenvalue weighted by Gasteiger charge is -2.19. The van der Waals surface area contributed by atoms with E-state index < -0.39 is 0 Å². The molecule has 0 atom stereocenters. The van der Waals surface area contributed by atoms with Gasteiger partial charge < -0.3 is 0 Å². The summed E-state index contributed by atoms with van der Waals surface area (Å²) < 4.78 is 0. The van der Waals surface area contributed by atoms with Crippen molar-refractivity contribution < 1.29 is 0 Å². The first-order valence-electron chi connectivity index (χ1n) is 17.2. The van der Waals surface area contributed by atoms with E-state index in [0.717, 1.165) is 36.0 Å². The third kappa shape index (κ3) is 7.43. The minimum atomic E-state index is 0.928. The maximum atomic E-state index is 4.34. The molecular weight excluding hydrogens is 577 g/mol. The molecule has 48 heavy (non-hydrogen) atoms. The Bertz CT molecular complexity index is 2110. The van der Waals surface area contributed by atoms with E-state index in [-0.39, 0.29) is 0 Å². The zero-order chi connectivity index (χ0) is 33.9. The highest BCUT2D eigenvalue weighted by Crippen LogP contribution is 2.33. The SMILES string of the molecule is C=Cc1c(/C=C\C)c(-c2ccc(-c3ccc(C(/C=C\C)=C/C)cc3)cc2)c(=C/C)/c(=C\CC)c1-c1ccc(C#CC2=CCCC=C2)cc1. The van der Waals surface area contributed by atoms with Crippen LogP contribution < -0.4 is 10.4 Å². The van der Waals surface area contributed by atoms with Crippen molar-refractivity contribution in [2.75, 3.05) is 0 Å². The molecule has 1 aliphatic carbocycles. The van der Waals surface area contributed by atoms with Gasteiger partial charge in [-0.2, -0.15) is 0 Å². The maximum Gasteiger partial charge on any atom is 0.0249 e. The molecule has 0 spiro atoms. The van der Waals surface area contributed by atoms with E-state index in [9.17, 15) is 0 Å². The van der Waals surface area contributed by atoms with Crippen molar-refractivity contribution in [1.29, 1.82) is 0 Å². The van der Waals surface area contributed by atoms with Gasteiger partial charge in [0.15, 0.2) is 0 Å². The zero-order valence-electron chi connectivity index (χ0n) is 29.1. The third-order valence-corrected chi connectivity index (χ3v) is 8.79. The highest BCUT2D eigenvalue weighted by atomic mass is 14.2. The number of hydrogen-bond donors (Lipinski definition) is 0. The highest BCUT2D eigenvalue weighted by molar-refractivity contribution is 5.90. The lowest BCUT2D eigenvalue weighted by Crippen LogP contribution is -2.31. The molecule has 0 unspecified atom stereocenters. The van der Waals surface area contributed by atoms with Crippen molar-refractivity contribution in [2.24, 2.45) is 0 Å². The molecule has 0 amide bonds. The van der Waals surface area contributed by atoms with Gasteiger partial charge in [-0.1, -0.05) is 153 Å². The van der Waals surface area contributed by atoms with Crippen LogP contribution >= 0.6 is 0 Å². The second-order valence-corrected chi connectivity index (χ2v) is 11.9. The Hall–Kier alpha value is -5.38. The molecule has 238 valence electrons. The Kier molecular flexibility index (Phi) is 11.6. The predicted molar refractivity (Wildman–Crippen MR) is 213 cm³/mol. The van der Waals surface area contributed by atoms with Gasteiger partial charge in [0.1, 0.15) is 0 Å². The first-order valence-corrected chi connectivity index (χ1v) is 17.2. The van der Waals surface area contributed by atoms with Crippen LogP contribution in [0.25, 0.3) is 63.3 Å². The van der Waals surface area contributed by atoms with Crippen LogP contribution in [0.15, 0.2) is 127 Å². The van der Waals surface area contributed by atoms with Crippen molar-refractivity contribution in [3.8, 4) is 45.2 Å². The highest BCUT2D eigenvalue weighted by Gasteiger charge is 2.17. The van der Waals surface area contributed by atoms with Crippen LogP contribution in [0, 0.1) is 11.8 Å². The zero-order valence-corrected chi connectivity index (χ0v) is 29.1. The lowest BCUT2D eigenvalue weighted by atomic mass is 9.84. The minimum absolute atomic E-state index is 0.928. The van der Waals surface area contributed by atoms with E-state index in [4.69, 9.17) is 0 Å². The molecule has 5 rings (SSSR count). The van der Waals surface area contributed by atoms with E-state index in [1.54, 1.807) is 0 Å². The molecule has 0 heterocycles. The largest absolute Gasteiger partial charge is 0.0984 e. The minimum Gasteiger partial charge on any atom is -0.0984 e. The second-order valence-electron chi connectivity index (χ2n) is 11.9. The van der Waals surface area contributed by atoms with Gasteiger partial charge in [0, 0.05) is 11.1 Å². The summed E-state index contributed by atoms with van der Waals surface area (Å²) in [5.74, 6) is 6.69. The summed E-state index contributed by atoms with van der Waals surface area (Å²) in [6.07, 6.45) is 27.0. The summed E-state index contributed by atoms with van der Waals surface area (Å²) in [7, 11) is 0. The third-order valence-electron chi connectivity index (χ3n) is 8.79. The van der Waals surface area contributed by atoms with Gasteiger partial charge in [-0.15, -0.1) is 0 Å². The van der Waals surface area contributed by atoms with E-state index >= 15 is 0 Å². The standard InChI is InChI=1S/C48H46/c1-7-16-37(10-4)38-27-29-39(30-28-38)40-31-33-42(34-32-40)48-44(12-6)45(17-8-2)47(43(11-5)46(48)18-9-3)41-25-23-36(24-26-41)22-21-35-19-14-13-15-20-35/h7,9-12,14,16-20,23-34H,5,8,13,15H2,1-4,6H3/b16-7-,18-9-,37-10+,44-12+,45-17+. The van der Waals surface area contributed by atoms with Crippen molar-refractivity contribution in [3.63, 3.8) is 0 Å². The smallest absolute Gasteiger partial charge is 0.0249 e. The quantitative estimate of drug-likeness (QED) is 0.135. The fourth-order valence-corrected chi connectivity index (χ4v) is 6.51. The van der Waals surface area contributed by atoms with Crippen LogP contribution in [0.1, 0.15) is 76.1 Å². The summed E-state index contributed by atoms with van der Waals surface area (Å²) >= 11 is 0. The van der Waals surface area contributed by atoms with Gasteiger partial charge in [-0.05, 0) is 125 Å². The van der Waals surface area contributed by atoms with Crippen LogP contribution in [0.3, 0.4) is 0 Å². The molecule has 0 saturated carbocycles. The van der Waals surface area contributed by atoms with Crippen LogP contribution in [0.4, 0.5) is 0 Å². The van der Waals surface area contributed by atoms with Gasteiger partial charge in [-0.25, -0.2) is 0 Å². The molecule has 0 heteroatoms. The number of benzene rings is 4. The van der Waals surface area contributed by atoms with Gasteiger partial charge in [-0.3, -0.25) is 0 Å². The Morgan fingerprint density at radius 3 is 1.88 bits per heavy atom. The molecule has 0 nitrogen and oxygen atoms in total. The Morgan fingerprint density at radius 2 is 1.33 bits per heavy atom. The van der Waals surface area contributed by atoms with E-state index in [2.05, 4.69) is 187 Å². The van der Waals surface area contributed by atoms with Crippen LogP contribution in [-0.4, -0.2) is 0 Å². The van der Waals surface area contributed by atoms with Crippen molar-refractivity contribution >= 4 is 29.9 Å². The molecule has 4 aromatic carbocycles. The molecule has 0 fully saturated rings. The molecular formula is C48H46. The van der Waals surface area contributed by atoms with Crippen LogP contribution in [0.2, 0.25) is 0 Å².